The van der Waals surface area contributed by atoms with Gasteiger partial charge in [0, 0.05) is 22.8 Å². The molecule has 0 atom stereocenters. The SMILES string of the molecule is CC(C)(O)c1ccc(-c2cc(C(N)=O)c(Nc3cccc(COCc4ncccn4)n3)s2)c(F)c1. The average Bonchev–Trinajstić information content (AvgIpc) is 3.23. The molecule has 0 aliphatic heterocycles. The Balaban J connectivity index is 1.53. The molecule has 0 radical (unpaired) electrons. The topological polar surface area (TPSA) is 123 Å². The van der Waals surface area contributed by atoms with Crippen LogP contribution in [0.5, 0.6) is 0 Å². The van der Waals surface area contributed by atoms with Crippen LogP contribution in [0.4, 0.5) is 15.2 Å². The van der Waals surface area contributed by atoms with Gasteiger partial charge < -0.3 is 20.9 Å². The number of nitrogens with one attached hydrogen (secondary N) is 1. The van der Waals surface area contributed by atoms with Crippen LogP contribution in [0, 0.1) is 5.82 Å². The van der Waals surface area contributed by atoms with Crippen molar-refractivity contribution in [1.82, 2.24) is 15.0 Å². The van der Waals surface area contributed by atoms with E-state index >= 15 is 0 Å². The molecule has 0 unspecified atom stereocenters. The van der Waals surface area contributed by atoms with Crippen LogP contribution in [0.2, 0.25) is 0 Å². The van der Waals surface area contributed by atoms with Crippen LogP contribution in [0.25, 0.3) is 10.4 Å². The number of amides is 1. The number of hydrogen-bond donors (Lipinski definition) is 3. The molecule has 4 aromatic rings. The Bertz CT molecular complexity index is 1340. The van der Waals surface area contributed by atoms with Crippen LogP contribution in [0.3, 0.4) is 0 Å². The minimum Gasteiger partial charge on any atom is -0.386 e. The van der Waals surface area contributed by atoms with Gasteiger partial charge in [-0.3, -0.25) is 4.79 Å². The number of aromatic nitrogens is 3. The van der Waals surface area contributed by atoms with Gasteiger partial charge in [-0.05, 0) is 49.7 Å². The van der Waals surface area contributed by atoms with Crippen LogP contribution in [-0.2, 0) is 23.6 Å². The third-order valence-corrected chi connectivity index (χ3v) is 6.17. The monoisotopic (exact) mass is 493 g/mol. The molecule has 0 saturated heterocycles. The first kappa shape index (κ1) is 24.4. The molecular weight excluding hydrogens is 469 g/mol. The predicted octanol–water partition coefficient (Wildman–Crippen LogP) is 4.53. The molecule has 4 N–H and O–H groups in total. The molecule has 0 saturated carbocycles. The number of anilines is 2. The van der Waals surface area contributed by atoms with E-state index in [4.69, 9.17) is 10.5 Å². The van der Waals surface area contributed by atoms with Crippen molar-refractivity contribution >= 4 is 28.1 Å². The summed E-state index contributed by atoms with van der Waals surface area (Å²) in [6.07, 6.45) is 3.29. The van der Waals surface area contributed by atoms with E-state index in [2.05, 4.69) is 20.3 Å². The van der Waals surface area contributed by atoms with Crippen molar-refractivity contribution in [1.29, 1.82) is 0 Å². The van der Waals surface area contributed by atoms with Gasteiger partial charge in [0.2, 0.25) is 0 Å². The highest BCUT2D eigenvalue weighted by Gasteiger charge is 2.21. The van der Waals surface area contributed by atoms with Crippen molar-refractivity contribution < 1.29 is 19.0 Å². The summed E-state index contributed by atoms with van der Waals surface area (Å²) in [4.78, 5) is 25.3. The van der Waals surface area contributed by atoms with Gasteiger partial charge in [0.25, 0.3) is 5.91 Å². The maximum absolute atomic E-state index is 14.9. The van der Waals surface area contributed by atoms with Gasteiger partial charge in [0.1, 0.15) is 23.2 Å². The number of hydrogen-bond acceptors (Lipinski definition) is 8. The second-order valence-electron chi connectivity index (χ2n) is 8.27. The fourth-order valence-corrected chi connectivity index (χ4v) is 4.39. The fourth-order valence-electron chi connectivity index (χ4n) is 3.29. The summed E-state index contributed by atoms with van der Waals surface area (Å²) in [5.74, 6) is -0.100. The van der Waals surface area contributed by atoms with E-state index in [9.17, 15) is 14.3 Å². The minimum atomic E-state index is -1.17. The molecule has 35 heavy (non-hydrogen) atoms. The number of rotatable bonds is 9. The van der Waals surface area contributed by atoms with Crippen LogP contribution in [-0.4, -0.2) is 26.0 Å². The molecule has 0 bridgehead atoms. The summed E-state index contributed by atoms with van der Waals surface area (Å²) in [6.45, 7) is 3.66. The summed E-state index contributed by atoms with van der Waals surface area (Å²) >= 11 is 1.18. The van der Waals surface area contributed by atoms with Crippen LogP contribution in [0.1, 0.15) is 41.3 Å². The minimum absolute atomic E-state index is 0.223. The van der Waals surface area contributed by atoms with E-state index in [1.807, 2.05) is 6.07 Å². The third-order valence-electron chi connectivity index (χ3n) is 5.09. The van der Waals surface area contributed by atoms with Gasteiger partial charge in [-0.15, -0.1) is 11.3 Å². The Morgan fingerprint density at radius 2 is 1.91 bits per heavy atom. The lowest BCUT2D eigenvalue weighted by Gasteiger charge is -2.18. The molecule has 8 nitrogen and oxygen atoms in total. The number of aliphatic hydroxyl groups is 1. The van der Waals surface area contributed by atoms with Crippen molar-refractivity contribution in [2.24, 2.45) is 5.73 Å². The summed E-state index contributed by atoms with van der Waals surface area (Å²) < 4.78 is 20.5. The lowest BCUT2D eigenvalue weighted by atomic mass is 9.96. The second-order valence-corrected chi connectivity index (χ2v) is 9.32. The average molecular weight is 494 g/mol. The smallest absolute Gasteiger partial charge is 0.251 e. The Morgan fingerprint density at radius 1 is 1.14 bits per heavy atom. The summed E-state index contributed by atoms with van der Waals surface area (Å²) in [7, 11) is 0. The maximum Gasteiger partial charge on any atom is 0.251 e. The molecule has 0 fully saturated rings. The summed E-state index contributed by atoms with van der Waals surface area (Å²) in [6, 6.07) is 13.2. The van der Waals surface area contributed by atoms with Gasteiger partial charge in [-0.1, -0.05) is 18.2 Å². The Kier molecular flexibility index (Phi) is 7.15. The van der Waals surface area contributed by atoms with Crippen LogP contribution < -0.4 is 11.1 Å². The standard InChI is InChI=1S/C25H24FN5O3S/c1-25(2,33)15-7-8-17(19(26)11-15)20-12-18(23(27)32)24(35-20)31-21-6-3-5-16(30-21)13-34-14-22-28-9-4-10-29-22/h3-12,33H,13-14H2,1-2H3,(H2,27,32)(H,30,31). The highest BCUT2D eigenvalue weighted by Crippen LogP contribution is 2.38. The largest absolute Gasteiger partial charge is 0.386 e. The zero-order valence-electron chi connectivity index (χ0n) is 19.2. The van der Waals surface area contributed by atoms with Gasteiger partial charge in [0.05, 0.1) is 23.5 Å². The lowest BCUT2D eigenvalue weighted by Crippen LogP contribution is -2.15. The van der Waals surface area contributed by atoms with Crippen molar-refractivity contribution in [3.05, 3.63) is 89.4 Å². The zero-order valence-corrected chi connectivity index (χ0v) is 20.0. The van der Waals surface area contributed by atoms with Crippen molar-refractivity contribution in [2.45, 2.75) is 32.7 Å². The molecule has 1 amide bonds. The van der Waals surface area contributed by atoms with E-state index in [-0.39, 0.29) is 18.8 Å². The predicted molar refractivity (Wildman–Crippen MR) is 132 cm³/mol. The van der Waals surface area contributed by atoms with E-state index in [1.54, 1.807) is 62.6 Å². The number of ether oxygens (including phenoxy) is 1. The Labute approximate surface area is 205 Å². The quantitative estimate of drug-likeness (QED) is 0.313. The van der Waals surface area contributed by atoms with Gasteiger partial charge in [-0.25, -0.2) is 19.3 Å². The molecular formula is C25H24FN5O3S. The van der Waals surface area contributed by atoms with E-state index in [0.29, 0.717) is 38.3 Å². The molecule has 0 aliphatic rings. The molecule has 1 aromatic carbocycles. The van der Waals surface area contributed by atoms with Crippen LogP contribution in [0.15, 0.2) is 60.9 Å². The molecule has 10 heteroatoms. The van der Waals surface area contributed by atoms with Gasteiger partial charge >= 0.3 is 0 Å². The zero-order chi connectivity index (χ0) is 25.0. The first-order chi connectivity index (χ1) is 16.7. The summed E-state index contributed by atoms with van der Waals surface area (Å²) in [5, 5.41) is 13.7. The fraction of sp³-hybridized carbons (Fsp3) is 0.200. The first-order valence-electron chi connectivity index (χ1n) is 10.7. The highest BCUT2D eigenvalue weighted by atomic mass is 32.1. The third kappa shape index (κ3) is 6.04. The van der Waals surface area contributed by atoms with Gasteiger partial charge in [-0.2, -0.15) is 0 Å². The highest BCUT2D eigenvalue weighted by molar-refractivity contribution is 7.19. The van der Waals surface area contributed by atoms with E-state index < -0.39 is 17.3 Å². The number of halogens is 1. The molecule has 3 heterocycles. The normalized spacial score (nSPS) is 11.4. The Morgan fingerprint density at radius 3 is 2.60 bits per heavy atom. The van der Waals surface area contributed by atoms with Crippen LogP contribution >= 0.6 is 11.3 Å². The lowest BCUT2D eigenvalue weighted by molar-refractivity contribution is 0.0782. The molecule has 3 aromatic heterocycles. The second kappa shape index (κ2) is 10.3. The molecule has 0 aliphatic carbocycles. The number of thiophene rings is 1. The van der Waals surface area contributed by atoms with Gasteiger partial charge in [0.15, 0.2) is 5.82 Å². The maximum atomic E-state index is 14.9. The Hall–Kier alpha value is -3.73. The molecule has 180 valence electrons. The molecule has 0 spiro atoms. The van der Waals surface area contributed by atoms with E-state index in [1.165, 1.54) is 17.4 Å². The number of carbonyl (C=O) groups is 1. The number of benzene rings is 1. The number of primary amides is 1. The number of pyridine rings is 1. The van der Waals surface area contributed by atoms with Crippen molar-refractivity contribution in [3.63, 3.8) is 0 Å². The number of nitrogens with two attached hydrogens (primary N) is 1. The molecule has 4 rings (SSSR count). The number of carbonyl (C=O) groups excluding carboxylic acids is 1. The summed E-state index contributed by atoms with van der Waals surface area (Å²) in [5.41, 5.74) is 6.05. The first-order valence-corrected chi connectivity index (χ1v) is 11.6. The van der Waals surface area contributed by atoms with E-state index in [0.717, 1.165) is 0 Å². The number of nitrogens with zero attached hydrogens (tertiary/aromatic N) is 3. The van der Waals surface area contributed by atoms with Crippen molar-refractivity contribution in [2.75, 3.05) is 5.32 Å². The van der Waals surface area contributed by atoms with Crippen molar-refractivity contribution in [3.8, 4) is 10.4 Å².